The molecule has 0 aromatic heterocycles. The fourth-order valence-electron chi connectivity index (χ4n) is 2.62. The van der Waals surface area contributed by atoms with Gasteiger partial charge in [-0.25, -0.2) is 0 Å². The number of nitrogens with one attached hydrogen (secondary N) is 2. The van der Waals surface area contributed by atoms with Crippen LogP contribution in [-0.4, -0.2) is 33.3 Å². The molecule has 0 radical (unpaired) electrons. The molecule has 0 atom stereocenters. The van der Waals surface area contributed by atoms with Crippen LogP contribution in [0, 0.1) is 13.8 Å². The van der Waals surface area contributed by atoms with Crippen LogP contribution < -0.4 is 15.4 Å². The predicted octanol–water partition coefficient (Wildman–Crippen LogP) is 4.20. The lowest BCUT2D eigenvalue weighted by Gasteiger charge is -2.15. The molecule has 0 unspecified atom stereocenters. The first-order chi connectivity index (χ1) is 13.1. The molecule has 0 amide bonds. The fourth-order valence-corrected chi connectivity index (χ4v) is 2.62. The van der Waals surface area contributed by atoms with Gasteiger partial charge in [-0.2, -0.15) is 0 Å². The van der Waals surface area contributed by atoms with Crippen LogP contribution in [0.4, 0.5) is 0 Å². The lowest BCUT2D eigenvalue weighted by atomic mass is 10.1. The topological polar surface area (TPSA) is 54.9 Å². The molecule has 2 rings (SSSR count). The highest BCUT2D eigenvalue weighted by Crippen LogP contribution is 2.20. The van der Waals surface area contributed by atoms with E-state index in [2.05, 4.69) is 71.9 Å². The monoisotopic (exact) mass is 497 g/mol. The minimum absolute atomic E-state index is 0. The van der Waals surface area contributed by atoms with Gasteiger partial charge in [-0.15, -0.1) is 24.0 Å². The number of ether oxygens (including phenoxy) is 2. The second-order valence-corrected chi connectivity index (χ2v) is 6.57. The molecule has 0 bridgehead atoms. The highest BCUT2D eigenvalue weighted by Gasteiger charge is 2.06. The zero-order valence-corrected chi connectivity index (χ0v) is 19.6. The molecule has 0 spiro atoms. The van der Waals surface area contributed by atoms with E-state index in [1.54, 1.807) is 14.2 Å². The van der Waals surface area contributed by atoms with E-state index < -0.39 is 0 Å². The van der Waals surface area contributed by atoms with Gasteiger partial charge >= 0.3 is 0 Å². The molecular weight excluding hydrogens is 465 g/mol. The predicted molar refractivity (Wildman–Crippen MR) is 127 cm³/mol. The molecule has 154 valence electrons. The van der Waals surface area contributed by atoms with Crippen molar-refractivity contribution >= 4 is 29.9 Å². The molecular formula is C22H32IN3O2. The molecule has 28 heavy (non-hydrogen) atoms. The van der Waals surface area contributed by atoms with Gasteiger partial charge in [0.1, 0.15) is 5.75 Å². The number of benzene rings is 2. The lowest BCUT2D eigenvalue weighted by Crippen LogP contribution is -2.36. The number of guanidine groups is 1. The van der Waals surface area contributed by atoms with Gasteiger partial charge in [-0.05, 0) is 31.0 Å². The Kier molecular flexibility index (Phi) is 11.6. The van der Waals surface area contributed by atoms with Crippen molar-refractivity contribution in [1.82, 2.24) is 10.6 Å². The molecule has 2 aromatic carbocycles. The number of rotatable bonds is 9. The second kappa shape index (κ2) is 13.4. The lowest BCUT2D eigenvalue weighted by molar-refractivity contribution is 0.171. The summed E-state index contributed by atoms with van der Waals surface area (Å²) in [5.41, 5.74) is 4.78. The van der Waals surface area contributed by atoms with E-state index in [0.29, 0.717) is 19.8 Å². The molecule has 2 aromatic rings. The van der Waals surface area contributed by atoms with E-state index in [1.807, 2.05) is 0 Å². The standard InChI is InChI=1S/C22H31N3O2.HI/c1-17-6-9-19(10-7-17)15-24-22(23-3)25-16-20-11-8-18(2)14-21(20)27-13-5-12-26-4;/h6-11,14H,5,12-13,15-16H2,1-4H3,(H2,23,24,25);1H. The van der Waals surface area contributed by atoms with Crippen molar-refractivity contribution in [3.05, 3.63) is 64.7 Å². The summed E-state index contributed by atoms with van der Waals surface area (Å²) in [6.45, 7) is 6.89. The van der Waals surface area contributed by atoms with Crippen LogP contribution in [0.2, 0.25) is 0 Å². The Bertz CT molecular complexity index is 733. The molecule has 5 nitrogen and oxygen atoms in total. The Labute approximate surface area is 186 Å². The van der Waals surface area contributed by atoms with Gasteiger partial charge in [-0.3, -0.25) is 4.99 Å². The minimum atomic E-state index is 0. The van der Waals surface area contributed by atoms with Gasteiger partial charge in [0.25, 0.3) is 0 Å². The zero-order valence-electron chi connectivity index (χ0n) is 17.2. The van der Waals surface area contributed by atoms with Crippen LogP contribution in [-0.2, 0) is 17.8 Å². The molecule has 2 N–H and O–H groups in total. The van der Waals surface area contributed by atoms with Crippen LogP contribution in [0.3, 0.4) is 0 Å². The Morgan fingerprint density at radius 3 is 2.29 bits per heavy atom. The zero-order chi connectivity index (χ0) is 19.5. The third kappa shape index (κ3) is 8.48. The molecule has 0 aliphatic rings. The number of aryl methyl sites for hydroxylation is 2. The van der Waals surface area contributed by atoms with Gasteiger partial charge in [0, 0.05) is 45.8 Å². The van der Waals surface area contributed by atoms with Crippen molar-refractivity contribution in [2.75, 3.05) is 27.4 Å². The van der Waals surface area contributed by atoms with E-state index in [1.165, 1.54) is 16.7 Å². The van der Waals surface area contributed by atoms with E-state index in [9.17, 15) is 0 Å². The molecule has 0 fully saturated rings. The summed E-state index contributed by atoms with van der Waals surface area (Å²) in [5, 5.41) is 6.71. The molecule has 0 saturated carbocycles. The van der Waals surface area contributed by atoms with Crippen LogP contribution in [0.5, 0.6) is 5.75 Å². The molecule has 0 heterocycles. The van der Waals surface area contributed by atoms with E-state index in [4.69, 9.17) is 9.47 Å². The number of hydrogen-bond donors (Lipinski definition) is 2. The summed E-state index contributed by atoms with van der Waals surface area (Å²) in [4.78, 5) is 4.31. The summed E-state index contributed by atoms with van der Waals surface area (Å²) >= 11 is 0. The van der Waals surface area contributed by atoms with Gasteiger partial charge < -0.3 is 20.1 Å². The highest BCUT2D eigenvalue weighted by molar-refractivity contribution is 14.0. The second-order valence-electron chi connectivity index (χ2n) is 6.57. The quantitative estimate of drug-likeness (QED) is 0.236. The number of methoxy groups -OCH3 is 1. The summed E-state index contributed by atoms with van der Waals surface area (Å²) in [7, 11) is 3.49. The first-order valence-electron chi connectivity index (χ1n) is 9.33. The molecule has 0 aliphatic heterocycles. The fraction of sp³-hybridized carbons (Fsp3) is 0.409. The SMILES string of the molecule is CN=C(NCc1ccc(C)cc1)NCc1ccc(C)cc1OCCCOC.I. The van der Waals surface area contributed by atoms with E-state index >= 15 is 0 Å². The van der Waals surface area contributed by atoms with Crippen LogP contribution in [0.25, 0.3) is 0 Å². The Morgan fingerprint density at radius 1 is 0.929 bits per heavy atom. The number of hydrogen-bond acceptors (Lipinski definition) is 3. The Morgan fingerprint density at radius 2 is 1.61 bits per heavy atom. The highest BCUT2D eigenvalue weighted by atomic mass is 127. The third-order valence-corrected chi connectivity index (χ3v) is 4.22. The van der Waals surface area contributed by atoms with Gasteiger partial charge in [-0.1, -0.05) is 42.0 Å². The Balaban J connectivity index is 0.00000392. The third-order valence-electron chi connectivity index (χ3n) is 4.22. The summed E-state index contributed by atoms with van der Waals surface area (Å²) in [5.74, 6) is 1.68. The molecule has 0 saturated heterocycles. The van der Waals surface area contributed by atoms with Gasteiger partial charge in [0.15, 0.2) is 5.96 Å². The summed E-state index contributed by atoms with van der Waals surface area (Å²) in [6.07, 6.45) is 0.872. The van der Waals surface area contributed by atoms with Crippen molar-refractivity contribution in [3.8, 4) is 5.75 Å². The average Bonchev–Trinajstić information content (AvgIpc) is 2.68. The number of aliphatic imine (C=N–C) groups is 1. The largest absolute Gasteiger partial charge is 0.493 e. The maximum absolute atomic E-state index is 5.95. The molecule has 6 heteroatoms. The summed E-state index contributed by atoms with van der Waals surface area (Å²) in [6, 6.07) is 14.8. The van der Waals surface area contributed by atoms with Crippen LogP contribution in [0.1, 0.15) is 28.7 Å². The van der Waals surface area contributed by atoms with Crippen molar-refractivity contribution in [2.45, 2.75) is 33.4 Å². The van der Waals surface area contributed by atoms with Crippen molar-refractivity contribution < 1.29 is 9.47 Å². The first kappa shape index (κ1) is 24.2. The van der Waals surface area contributed by atoms with Crippen molar-refractivity contribution in [2.24, 2.45) is 4.99 Å². The van der Waals surface area contributed by atoms with Crippen LogP contribution in [0.15, 0.2) is 47.5 Å². The Hall–Kier alpha value is -1.80. The first-order valence-corrected chi connectivity index (χ1v) is 9.33. The average molecular weight is 497 g/mol. The smallest absolute Gasteiger partial charge is 0.191 e. The minimum Gasteiger partial charge on any atom is -0.493 e. The maximum atomic E-state index is 5.95. The molecule has 0 aliphatic carbocycles. The van der Waals surface area contributed by atoms with Crippen molar-refractivity contribution in [1.29, 1.82) is 0 Å². The number of halogens is 1. The normalized spacial score (nSPS) is 10.9. The van der Waals surface area contributed by atoms with Gasteiger partial charge in [0.05, 0.1) is 6.61 Å². The maximum Gasteiger partial charge on any atom is 0.191 e. The van der Waals surface area contributed by atoms with Gasteiger partial charge in [0.2, 0.25) is 0 Å². The van der Waals surface area contributed by atoms with Crippen molar-refractivity contribution in [3.63, 3.8) is 0 Å². The van der Waals surface area contributed by atoms with E-state index in [0.717, 1.165) is 30.2 Å². The van der Waals surface area contributed by atoms with E-state index in [-0.39, 0.29) is 24.0 Å². The van der Waals surface area contributed by atoms with Crippen LogP contribution >= 0.6 is 24.0 Å². The summed E-state index contributed by atoms with van der Waals surface area (Å²) < 4.78 is 11.0. The number of nitrogens with zero attached hydrogens (tertiary/aromatic N) is 1.